The van der Waals surface area contributed by atoms with E-state index in [9.17, 15) is 4.79 Å². The zero-order chi connectivity index (χ0) is 13.3. The fourth-order valence-corrected chi connectivity index (χ4v) is 2.27. The van der Waals surface area contributed by atoms with E-state index in [0.717, 1.165) is 15.7 Å². The number of carbonyl (C=O) groups excluding carboxylic acids is 1. The Morgan fingerprint density at radius 1 is 1.44 bits per heavy atom. The molecule has 2 aromatic rings. The SMILES string of the molecule is COC(=O)c1ncn(-c2cc(C)cc(Br)c2)c1N. The Labute approximate surface area is 113 Å². The van der Waals surface area contributed by atoms with Gasteiger partial charge in [0.2, 0.25) is 0 Å². The van der Waals surface area contributed by atoms with Crippen LogP contribution in [0.1, 0.15) is 16.1 Å². The molecular weight excluding hydrogens is 298 g/mol. The molecule has 2 rings (SSSR count). The fourth-order valence-electron chi connectivity index (χ4n) is 1.67. The van der Waals surface area contributed by atoms with Gasteiger partial charge in [0, 0.05) is 10.2 Å². The van der Waals surface area contributed by atoms with Gasteiger partial charge in [0.1, 0.15) is 12.1 Å². The number of imidazole rings is 1. The lowest BCUT2D eigenvalue weighted by molar-refractivity contribution is 0.0596. The molecule has 0 saturated carbocycles. The number of benzene rings is 1. The van der Waals surface area contributed by atoms with E-state index >= 15 is 0 Å². The molecule has 0 atom stereocenters. The molecule has 0 aliphatic heterocycles. The molecule has 0 unspecified atom stereocenters. The van der Waals surface area contributed by atoms with Crippen molar-refractivity contribution in [3.63, 3.8) is 0 Å². The second-order valence-electron chi connectivity index (χ2n) is 3.83. The molecule has 0 spiro atoms. The Bertz CT molecular complexity index is 587. The number of nitrogen functional groups attached to an aromatic ring is 1. The summed E-state index contributed by atoms with van der Waals surface area (Å²) in [5.74, 6) is -0.280. The molecule has 94 valence electrons. The minimum Gasteiger partial charge on any atom is -0.464 e. The van der Waals surface area contributed by atoms with Crippen molar-refractivity contribution in [1.82, 2.24) is 9.55 Å². The number of methoxy groups -OCH3 is 1. The van der Waals surface area contributed by atoms with Gasteiger partial charge in [-0.3, -0.25) is 4.57 Å². The summed E-state index contributed by atoms with van der Waals surface area (Å²) in [6.45, 7) is 1.97. The van der Waals surface area contributed by atoms with Gasteiger partial charge in [-0.15, -0.1) is 0 Å². The van der Waals surface area contributed by atoms with E-state index in [1.54, 1.807) is 4.57 Å². The van der Waals surface area contributed by atoms with Crippen LogP contribution >= 0.6 is 15.9 Å². The molecule has 0 bridgehead atoms. The molecule has 0 aliphatic carbocycles. The highest BCUT2D eigenvalue weighted by molar-refractivity contribution is 9.10. The maximum Gasteiger partial charge on any atom is 0.360 e. The smallest absolute Gasteiger partial charge is 0.360 e. The third-order valence-corrected chi connectivity index (χ3v) is 2.95. The number of aryl methyl sites for hydroxylation is 1. The topological polar surface area (TPSA) is 70.1 Å². The van der Waals surface area contributed by atoms with Gasteiger partial charge in [-0.1, -0.05) is 15.9 Å². The summed E-state index contributed by atoms with van der Waals surface area (Å²) in [4.78, 5) is 15.4. The van der Waals surface area contributed by atoms with Crippen LogP contribution in [0.15, 0.2) is 29.0 Å². The van der Waals surface area contributed by atoms with Gasteiger partial charge < -0.3 is 10.5 Å². The zero-order valence-corrected chi connectivity index (χ0v) is 11.6. The molecule has 0 fully saturated rings. The van der Waals surface area contributed by atoms with Gasteiger partial charge in [0.05, 0.1) is 7.11 Å². The highest BCUT2D eigenvalue weighted by atomic mass is 79.9. The Kier molecular flexibility index (Phi) is 3.38. The number of nitrogens with zero attached hydrogens (tertiary/aromatic N) is 2. The number of carbonyl (C=O) groups is 1. The average Bonchev–Trinajstić information content (AvgIpc) is 2.69. The third kappa shape index (κ3) is 2.24. The van der Waals surface area contributed by atoms with Crippen LogP contribution in [-0.2, 0) is 4.74 Å². The highest BCUT2D eigenvalue weighted by Crippen LogP contribution is 2.22. The first-order chi connectivity index (χ1) is 8.52. The Hall–Kier alpha value is -1.82. The second kappa shape index (κ2) is 4.81. The lowest BCUT2D eigenvalue weighted by Gasteiger charge is -2.07. The first-order valence-electron chi connectivity index (χ1n) is 5.21. The van der Waals surface area contributed by atoms with Gasteiger partial charge in [-0.05, 0) is 30.7 Å². The summed E-state index contributed by atoms with van der Waals surface area (Å²) in [5, 5.41) is 0. The van der Waals surface area contributed by atoms with Crippen LogP contribution in [0.2, 0.25) is 0 Å². The van der Waals surface area contributed by atoms with E-state index in [1.807, 2.05) is 25.1 Å². The van der Waals surface area contributed by atoms with Crippen LogP contribution in [0.25, 0.3) is 5.69 Å². The lowest BCUT2D eigenvalue weighted by Crippen LogP contribution is -2.07. The van der Waals surface area contributed by atoms with Crippen molar-refractivity contribution < 1.29 is 9.53 Å². The lowest BCUT2D eigenvalue weighted by atomic mass is 10.2. The molecule has 5 nitrogen and oxygen atoms in total. The monoisotopic (exact) mass is 309 g/mol. The molecule has 18 heavy (non-hydrogen) atoms. The number of nitrogens with two attached hydrogens (primary N) is 1. The molecule has 0 saturated heterocycles. The minimum absolute atomic E-state index is 0.120. The predicted molar refractivity (Wildman–Crippen MR) is 71.8 cm³/mol. The van der Waals surface area contributed by atoms with Gasteiger partial charge in [-0.25, -0.2) is 9.78 Å². The Morgan fingerprint density at radius 3 is 2.78 bits per heavy atom. The largest absolute Gasteiger partial charge is 0.464 e. The van der Waals surface area contributed by atoms with E-state index in [1.165, 1.54) is 13.4 Å². The minimum atomic E-state index is -0.544. The quantitative estimate of drug-likeness (QED) is 0.864. The fraction of sp³-hybridized carbons (Fsp3) is 0.167. The highest BCUT2D eigenvalue weighted by Gasteiger charge is 2.17. The molecule has 0 radical (unpaired) electrons. The first-order valence-corrected chi connectivity index (χ1v) is 6.01. The normalized spacial score (nSPS) is 10.4. The van der Waals surface area contributed by atoms with Gasteiger partial charge in [-0.2, -0.15) is 0 Å². The molecule has 1 heterocycles. The molecule has 1 aromatic carbocycles. The summed E-state index contributed by atoms with van der Waals surface area (Å²) in [5.41, 5.74) is 7.93. The standard InChI is InChI=1S/C12H12BrN3O2/c1-7-3-8(13)5-9(4-7)16-6-15-10(11(16)14)12(17)18-2/h3-6H,14H2,1-2H3. The van der Waals surface area contributed by atoms with E-state index in [0.29, 0.717) is 0 Å². The van der Waals surface area contributed by atoms with E-state index in [2.05, 4.69) is 25.7 Å². The van der Waals surface area contributed by atoms with Crippen LogP contribution in [0, 0.1) is 6.92 Å². The Morgan fingerprint density at radius 2 is 2.17 bits per heavy atom. The van der Waals surface area contributed by atoms with E-state index < -0.39 is 5.97 Å². The van der Waals surface area contributed by atoms with Crippen molar-refractivity contribution in [2.75, 3.05) is 12.8 Å². The number of anilines is 1. The predicted octanol–water partition coefficient (Wildman–Crippen LogP) is 2.31. The van der Waals surface area contributed by atoms with Crippen LogP contribution < -0.4 is 5.73 Å². The molecule has 0 amide bonds. The number of rotatable bonds is 2. The summed E-state index contributed by atoms with van der Waals surface area (Å²) in [6, 6.07) is 5.83. The van der Waals surface area contributed by atoms with Crippen molar-refractivity contribution in [2.45, 2.75) is 6.92 Å². The average molecular weight is 310 g/mol. The molecule has 1 aromatic heterocycles. The molecule has 6 heteroatoms. The number of esters is 1. The molecule has 0 aliphatic rings. The van der Waals surface area contributed by atoms with Crippen LogP contribution in [-0.4, -0.2) is 22.6 Å². The summed E-state index contributed by atoms with van der Waals surface area (Å²) in [7, 11) is 1.30. The van der Waals surface area contributed by atoms with E-state index in [-0.39, 0.29) is 11.5 Å². The van der Waals surface area contributed by atoms with Crippen molar-refractivity contribution in [3.8, 4) is 5.69 Å². The Balaban J connectivity index is 2.52. The maximum atomic E-state index is 11.4. The number of ether oxygens (including phenoxy) is 1. The van der Waals surface area contributed by atoms with Gasteiger partial charge in [0.15, 0.2) is 5.69 Å². The van der Waals surface area contributed by atoms with Crippen molar-refractivity contribution in [1.29, 1.82) is 0 Å². The van der Waals surface area contributed by atoms with Crippen LogP contribution in [0.3, 0.4) is 0 Å². The zero-order valence-electron chi connectivity index (χ0n) is 9.98. The van der Waals surface area contributed by atoms with Crippen molar-refractivity contribution in [3.05, 3.63) is 40.3 Å². The molecular formula is C12H12BrN3O2. The summed E-state index contributed by atoms with van der Waals surface area (Å²) < 4.78 is 7.19. The molecule has 2 N–H and O–H groups in total. The van der Waals surface area contributed by atoms with Gasteiger partial charge >= 0.3 is 5.97 Å². The van der Waals surface area contributed by atoms with Crippen LogP contribution in [0.5, 0.6) is 0 Å². The third-order valence-electron chi connectivity index (χ3n) is 2.49. The van der Waals surface area contributed by atoms with E-state index in [4.69, 9.17) is 5.73 Å². The number of hydrogen-bond donors (Lipinski definition) is 1. The summed E-state index contributed by atoms with van der Waals surface area (Å²) in [6.07, 6.45) is 1.50. The first kappa shape index (κ1) is 12.6. The maximum absolute atomic E-state index is 11.4. The second-order valence-corrected chi connectivity index (χ2v) is 4.74. The number of aromatic nitrogens is 2. The van der Waals surface area contributed by atoms with Crippen molar-refractivity contribution >= 4 is 27.7 Å². The van der Waals surface area contributed by atoms with Gasteiger partial charge in [0.25, 0.3) is 0 Å². The number of hydrogen-bond acceptors (Lipinski definition) is 4. The van der Waals surface area contributed by atoms with Crippen molar-refractivity contribution in [2.24, 2.45) is 0 Å². The van der Waals surface area contributed by atoms with Crippen LogP contribution in [0.4, 0.5) is 5.82 Å². The number of halogens is 1. The summed E-state index contributed by atoms with van der Waals surface area (Å²) >= 11 is 3.42.